The topological polar surface area (TPSA) is 52.3 Å². The highest BCUT2D eigenvalue weighted by molar-refractivity contribution is 5.94. The second-order valence-electron chi connectivity index (χ2n) is 4.59. The molecule has 0 unspecified atom stereocenters. The molecule has 0 atom stereocenters. The Hall–Kier alpha value is -1.84. The summed E-state index contributed by atoms with van der Waals surface area (Å²) in [6.07, 6.45) is 1.54. The summed E-state index contributed by atoms with van der Waals surface area (Å²) in [4.78, 5) is 11.7. The van der Waals surface area contributed by atoms with Crippen LogP contribution >= 0.6 is 0 Å². The summed E-state index contributed by atoms with van der Waals surface area (Å²) in [5, 5.41) is 4.64. The predicted molar refractivity (Wildman–Crippen MR) is 59.2 cm³/mol. The van der Waals surface area contributed by atoms with E-state index in [0.717, 1.165) is 5.39 Å². The molecule has 0 amide bonds. The largest absolute Gasteiger partial charge is 0.456 e. The van der Waals surface area contributed by atoms with E-state index in [4.69, 9.17) is 9.26 Å². The molecule has 84 valence electrons. The van der Waals surface area contributed by atoms with Crippen molar-refractivity contribution in [2.24, 2.45) is 0 Å². The number of ether oxygens (including phenoxy) is 1. The molecule has 0 aliphatic heterocycles. The summed E-state index contributed by atoms with van der Waals surface area (Å²) in [7, 11) is 0. The van der Waals surface area contributed by atoms with Crippen molar-refractivity contribution in [3.63, 3.8) is 0 Å². The molecule has 1 aromatic heterocycles. The zero-order chi connectivity index (χ0) is 11.8. The zero-order valence-electron chi connectivity index (χ0n) is 9.48. The monoisotopic (exact) mass is 219 g/mol. The van der Waals surface area contributed by atoms with E-state index < -0.39 is 5.60 Å². The number of nitrogens with zero attached hydrogens (tertiary/aromatic N) is 1. The summed E-state index contributed by atoms with van der Waals surface area (Å²) >= 11 is 0. The second kappa shape index (κ2) is 3.63. The molecule has 0 spiro atoms. The number of carbonyl (C=O) groups is 1. The molecule has 0 bridgehead atoms. The lowest BCUT2D eigenvalue weighted by Crippen LogP contribution is -2.23. The fraction of sp³-hybridized carbons (Fsp3) is 0.333. The third-order valence-electron chi connectivity index (χ3n) is 2.00. The maximum atomic E-state index is 11.7. The summed E-state index contributed by atoms with van der Waals surface area (Å²) in [6, 6.07) is 5.14. The lowest BCUT2D eigenvalue weighted by Gasteiger charge is -2.19. The minimum Gasteiger partial charge on any atom is -0.456 e. The number of aromatic nitrogens is 1. The van der Waals surface area contributed by atoms with Gasteiger partial charge in [0.2, 0.25) is 0 Å². The molecule has 0 saturated carbocycles. The number of rotatable bonds is 1. The smallest absolute Gasteiger partial charge is 0.338 e. The van der Waals surface area contributed by atoms with E-state index in [1.807, 2.05) is 20.8 Å². The first kappa shape index (κ1) is 10.7. The van der Waals surface area contributed by atoms with Crippen molar-refractivity contribution in [3.8, 4) is 0 Å². The van der Waals surface area contributed by atoms with Crippen LogP contribution in [-0.2, 0) is 4.74 Å². The van der Waals surface area contributed by atoms with Crippen LogP contribution in [-0.4, -0.2) is 16.7 Å². The van der Waals surface area contributed by atoms with Crippen molar-refractivity contribution in [3.05, 3.63) is 30.0 Å². The van der Waals surface area contributed by atoms with E-state index >= 15 is 0 Å². The molecular weight excluding hydrogens is 206 g/mol. The Morgan fingerprint density at radius 1 is 1.38 bits per heavy atom. The number of esters is 1. The zero-order valence-corrected chi connectivity index (χ0v) is 9.48. The first-order chi connectivity index (χ1) is 7.46. The Morgan fingerprint density at radius 3 is 2.81 bits per heavy atom. The predicted octanol–water partition coefficient (Wildman–Crippen LogP) is 2.78. The summed E-state index contributed by atoms with van der Waals surface area (Å²) < 4.78 is 10.1. The van der Waals surface area contributed by atoms with Crippen molar-refractivity contribution in [1.82, 2.24) is 5.16 Å². The van der Waals surface area contributed by atoms with Gasteiger partial charge in [-0.25, -0.2) is 4.79 Å². The molecule has 0 fully saturated rings. The molecule has 2 aromatic rings. The first-order valence-corrected chi connectivity index (χ1v) is 5.03. The van der Waals surface area contributed by atoms with Gasteiger partial charge in [-0.15, -0.1) is 0 Å². The highest BCUT2D eigenvalue weighted by Gasteiger charge is 2.18. The molecular formula is C12H13NO3. The Balaban J connectivity index is 2.29. The van der Waals surface area contributed by atoms with Crippen molar-refractivity contribution < 1.29 is 14.1 Å². The maximum Gasteiger partial charge on any atom is 0.338 e. The van der Waals surface area contributed by atoms with Gasteiger partial charge in [0, 0.05) is 5.39 Å². The number of hydrogen-bond donors (Lipinski definition) is 0. The Bertz CT molecular complexity index is 522. The van der Waals surface area contributed by atoms with Gasteiger partial charge in [0.25, 0.3) is 0 Å². The maximum absolute atomic E-state index is 11.7. The summed E-state index contributed by atoms with van der Waals surface area (Å²) in [5.74, 6) is -0.350. The number of carbonyl (C=O) groups excluding carboxylic acids is 1. The molecule has 4 heteroatoms. The van der Waals surface area contributed by atoms with Gasteiger partial charge in [0.05, 0.1) is 5.56 Å². The third-order valence-corrected chi connectivity index (χ3v) is 2.00. The second-order valence-corrected chi connectivity index (χ2v) is 4.59. The lowest BCUT2D eigenvalue weighted by molar-refractivity contribution is 0.00697. The average molecular weight is 219 g/mol. The van der Waals surface area contributed by atoms with Crippen LogP contribution in [0.15, 0.2) is 29.0 Å². The quantitative estimate of drug-likeness (QED) is 0.692. The Morgan fingerprint density at radius 2 is 2.12 bits per heavy atom. The molecule has 1 heterocycles. The number of hydrogen-bond acceptors (Lipinski definition) is 4. The SMILES string of the molecule is CC(C)(C)OC(=O)c1ccc2conc2c1. The van der Waals surface area contributed by atoms with Crippen LogP contribution in [0.5, 0.6) is 0 Å². The van der Waals surface area contributed by atoms with Crippen LogP contribution in [0.1, 0.15) is 31.1 Å². The molecule has 0 radical (unpaired) electrons. The van der Waals surface area contributed by atoms with Crippen LogP contribution in [0.3, 0.4) is 0 Å². The highest BCUT2D eigenvalue weighted by Crippen LogP contribution is 2.17. The highest BCUT2D eigenvalue weighted by atomic mass is 16.6. The average Bonchev–Trinajstić information content (AvgIpc) is 2.61. The Labute approximate surface area is 93.2 Å². The van der Waals surface area contributed by atoms with Crippen molar-refractivity contribution in [1.29, 1.82) is 0 Å². The van der Waals surface area contributed by atoms with Gasteiger partial charge < -0.3 is 9.26 Å². The first-order valence-electron chi connectivity index (χ1n) is 5.03. The molecule has 0 N–H and O–H groups in total. The van der Waals surface area contributed by atoms with Gasteiger partial charge in [-0.3, -0.25) is 0 Å². The third kappa shape index (κ3) is 2.21. The van der Waals surface area contributed by atoms with Gasteiger partial charge >= 0.3 is 5.97 Å². The molecule has 0 aliphatic carbocycles. The number of fused-ring (bicyclic) bond motifs is 1. The van der Waals surface area contributed by atoms with E-state index in [1.54, 1.807) is 18.2 Å². The minimum absolute atomic E-state index is 0.350. The fourth-order valence-corrected chi connectivity index (χ4v) is 1.33. The van der Waals surface area contributed by atoms with Gasteiger partial charge in [0.15, 0.2) is 0 Å². The molecule has 4 nitrogen and oxygen atoms in total. The lowest BCUT2D eigenvalue weighted by atomic mass is 10.1. The molecule has 16 heavy (non-hydrogen) atoms. The summed E-state index contributed by atoms with van der Waals surface area (Å²) in [5.41, 5.74) is 0.648. The van der Waals surface area contributed by atoms with Crippen LogP contribution in [0, 0.1) is 0 Å². The van der Waals surface area contributed by atoms with E-state index in [2.05, 4.69) is 5.16 Å². The normalized spacial score (nSPS) is 11.7. The minimum atomic E-state index is -0.490. The van der Waals surface area contributed by atoms with Gasteiger partial charge in [-0.05, 0) is 39.0 Å². The molecule has 1 aromatic carbocycles. The fourth-order valence-electron chi connectivity index (χ4n) is 1.33. The molecule has 0 aliphatic rings. The van der Waals surface area contributed by atoms with Gasteiger partial charge in [-0.1, -0.05) is 5.16 Å². The van der Waals surface area contributed by atoms with Gasteiger partial charge in [-0.2, -0.15) is 0 Å². The van der Waals surface area contributed by atoms with Crippen LogP contribution in [0.2, 0.25) is 0 Å². The summed E-state index contributed by atoms with van der Waals surface area (Å²) in [6.45, 7) is 5.50. The molecule has 0 saturated heterocycles. The van der Waals surface area contributed by atoms with E-state index in [9.17, 15) is 4.79 Å². The van der Waals surface area contributed by atoms with Crippen molar-refractivity contribution in [2.45, 2.75) is 26.4 Å². The Kier molecular flexibility index (Phi) is 2.42. The van der Waals surface area contributed by atoms with E-state index in [0.29, 0.717) is 11.1 Å². The van der Waals surface area contributed by atoms with Gasteiger partial charge in [0.1, 0.15) is 17.4 Å². The van der Waals surface area contributed by atoms with Crippen LogP contribution < -0.4 is 0 Å². The van der Waals surface area contributed by atoms with Crippen LogP contribution in [0.25, 0.3) is 10.9 Å². The standard InChI is InChI=1S/C12H13NO3/c1-12(2,3)16-11(14)8-4-5-9-7-15-13-10(9)6-8/h4-7H,1-3H3. The van der Waals surface area contributed by atoms with Crippen LogP contribution in [0.4, 0.5) is 0 Å². The molecule has 2 rings (SSSR count). The number of benzene rings is 1. The van der Waals surface area contributed by atoms with E-state index in [-0.39, 0.29) is 5.97 Å². The van der Waals surface area contributed by atoms with Crippen molar-refractivity contribution in [2.75, 3.05) is 0 Å². The van der Waals surface area contributed by atoms with E-state index in [1.165, 1.54) is 6.26 Å². The van der Waals surface area contributed by atoms with Crippen molar-refractivity contribution >= 4 is 16.9 Å².